The molecule has 0 saturated carbocycles. The lowest BCUT2D eigenvalue weighted by Gasteiger charge is -2.12. The summed E-state index contributed by atoms with van der Waals surface area (Å²) < 4.78 is 5.54. The number of nitriles is 1. The second-order valence-electron chi connectivity index (χ2n) is 3.82. The Morgan fingerprint density at radius 1 is 1.29 bits per heavy atom. The Morgan fingerprint density at radius 2 is 2.12 bits per heavy atom. The van der Waals surface area contributed by atoms with E-state index in [4.69, 9.17) is 10.00 Å². The first-order chi connectivity index (χ1) is 8.29. The highest BCUT2D eigenvalue weighted by molar-refractivity contribution is 5.44. The van der Waals surface area contributed by atoms with Crippen LogP contribution in [0, 0.1) is 11.3 Å². The van der Waals surface area contributed by atoms with E-state index in [0.717, 1.165) is 18.4 Å². The first-order valence-electron chi connectivity index (χ1n) is 5.51. The van der Waals surface area contributed by atoms with Crippen LogP contribution >= 0.6 is 0 Å². The normalized spacial score (nSPS) is 14.5. The van der Waals surface area contributed by atoms with Gasteiger partial charge in [0.1, 0.15) is 18.1 Å². The molecule has 1 aromatic carbocycles. The van der Waals surface area contributed by atoms with Crippen LogP contribution in [0.1, 0.15) is 12.8 Å². The molecule has 17 heavy (non-hydrogen) atoms. The molecule has 0 bridgehead atoms. The summed E-state index contributed by atoms with van der Waals surface area (Å²) in [6.45, 7) is 0.364. The number of hydrogen-bond donors (Lipinski definition) is 1. The van der Waals surface area contributed by atoms with Crippen molar-refractivity contribution in [3.63, 3.8) is 0 Å². The fourth-order valence-corrected chi connectivity index (χ4v) is 1.71. The first kappa shape index (κ1) is 11.3. The first-order valence-corrected chi connectivity index (χ1v) is 5.51. The topological polar surface area (TPSA) is 53.2 Å². The summed E-state index contributed by atoms with van der Waals surface area (Å²) in [6, 6.07) is 8.81. The molecule has 1 aliphatic carbocycles. The van der Waals surface area contributed by atoms with Gasteiger partial charge in [0.25, 0.3) is 0 Å². The molecular formula is C14H13NO2. The SMILES string of the molecule is N#CC1=CCCC=C1COc1cccc(O)c1. The van der Waals surface area contributed by atoms with Gasteiger partial charge in [-0.05, 0) is 25.0 Å². The van der Waals surface area contributed by atoms with Crippen molar-refractivity contribution >= 4 is 0 Å². The van der Waals surface area contributed by atoms with Crippen LogP contribution in [-0.2, 0) is 0 Å². The Kier molecular flexibility index (Phi) is 3.46. The van der Waals surface area contributed by atoms with Crippen molar-refractivity contribution in [3.05, 3.63) is 47.6 Å². The van der Waals surface area contributed by atoms with Gasteiger partial charge in [-0.25, -0.2) is 0 Å². The molecule has 0 fully saturated rings. The van der Waals surface area contributed by atoms with Gasteiger partial charge in [0.2, 0.25) is 0 Å². The maximum Gasteiger partial charge on any atom is 0.123 e. The number of allylic oxidation sites excluding steroid dienone is 2. The molecule has 0 spiro atoms. The molecule has 0 atom stereocenters. The smallest absolute Gasteiger partial charge is 0.123 e. The van der Waals surface area contributed by atoms with Crippen molar-refractivity contribution in [3.8, 4) is 17.6 Å². The van der Waals surface area contributed by atoms with Crippen molar-refractivity contribution in [2.45, 2.75) is 12.8 Å². The lowest BCUT2D eigenvalue weighted by atomic mass is 10.00. The molecule has 0 radical (unpaired) electrons. The van der Waals surface area contributed by atoms with Crippen molar-refractivity contribution in [2.75, 3.05) is 6.61 Å². The lowest BCUT2D eigenvalue weighted by molar-refractivity contribution is 0.350. The number of phenolic OH excluding ortho intramolecular Hbond substituents is 1. The zero-order valence-corrected chi connectivity index (χ0v) is 9.39. The summed E-state index contributed by atoms with van der Waals surface area (Å²) in [5.41, 5.74) is 1.61. The average Bonchev–Trinajstić information content (AvgIpc) is 2.37. The van der Waals surface area contributed by atoms with Gasteiger partial charge >= 0.3 is 0 Å². The van der Waals surface area contributed by atoms with E-state index in [9.17, 15) is 5.11 Å². The zero-order valence-electron chi connectivity index (χ0n) is 9.39. The third-order valence-corrected chi connectivity index (χ3v) is 2.58. The van der Waals surface area contributed by atoms with Gasteiger partial charge in [-0.3, -0.25) is 0 Å². The van der Waals surface area contributed by atoms with E-state index in [1.807, 2.05) is 12.2 Å². The van der Waals surface area contributed by atoms with Gasteiger partial charge in [0.05, 0.1) is 11.6 Å². The van der Waals surface area contributed by atoms with Crippen molar-refractivity contribution in [2.24, 2.45) is 0 Å². The molecule has 0 saturated heterocycles. The number of hydrogen-bond acceptors (Lipinski definition) is 3. The summed E-state index contributed by atoms with van der Waals surface area (Å²) in [5.74, 6) is 0.782. The number of benzene rings is 1. The Bertz CT molecular complexity index is 509. The molecule has 86 valence electrons. The van der Waals surface area contributed by atoms with E-state index >= 15 is 0 Å². The second kappa shape index (κ2) is 5.22. The largest absolute Gasteiger partial charge is 0.508 e. The highest BCUT2D eigenvalue weighted by atomic mass is 16.5. The van der Waals surface area contributed by atoms with Gasteiger partial charge in [0.15, 0.2) is 0 Å². The van der Waals surface area contributed by atoms with E-state index < -0.39 is 0 Å². The molecule has 3 heteroatoms. The van der Waals surface area contributed by atoms with Crippen LogP contribution in [0.25, 0.3) is 0 Å². The van der Waals surface area contributed by atoms with Crippen molar-refractivity contribution < 1.29 is 9.84 Å². The molecule has 3 nitrogen and oxygen atoms in total. The van der Waals surface area contributed by atoms with Crippen LogP contribution in [0.5, 0.6) is 11.5 Å². The fourth-order valence-electron chi connectivity index (χ4n) is 1.71. The van der Waals surface area contributed by atoms with Crippen LogP contribution in [0.3, 0.4) is 0 Å². The lowest BCUT2D eigenvalue weighted by Crippen LogP contribution is -2.05. The number of aromatic hydroxyl groups is 1. The van der Waals surface area contributed by atoms with Crippen LogP contribution in [0.2, 0.25) is 0 Å². The van der Waals surface area contributed by atoms with E-state index in [1.54, 1.807) is 24.3 Å². The third kappa shape index (κ3) is 2.88. The standard InChI is InChI=1S/C14H13NO2/c15-9-11-4-1-2-5-12(11)10-17-14-7-3-6-13(16)8-14/h3-8,16H,1-2,10H2. The predicted octanol–water partition coefficient (Wildman–Crippen LogP) is 2.94. The summed E-state index contributed by atoms with van der Waals surface area (Å²) in [5, 5.41) is 18.2. The zero-order chi connectivity index (χ0) is 12.1. The molecule has 0 heterocycles. The minimum Gasteiger partial charge on any atom is -0.508 e. The number of ether oxygens (including phenoxy) is 1. The van der Waals surface area contributed by atoms with Crippen LogP contribution in [0.4, 0.5) is 0 Å². The molecular weight excluding hydrogens is 214 g/mol. The van der Waals surface area contributed by atoms with Crippen LogP contribution < -0.4 is 4.74 Å². The minimum atomic E-state index is 0.177. The minimum absolute atomic E-state index is 0.177. The quantitative estimate of drug-likeness (QED) is 0.863. The Hall–Kier alpha value is -2.21. The molecule has 1 aliphatic rings. The molecule has 1 aromatic rings. The summed E-state index contributed by atoms with van der Waals surface area (Å²) >= 11 is 0. The summed E-state index contributed by atoms with van der Waals surface area (Å²) in [4.78, 5) is 0. The van der Waals surface area contributed by atoms with E-state index in [0.29, 0.717) is 17.9 Å². The highest BCUT2D eigenvalue weighted by Gasteiger charge is 2.09. The Labute approximate surface area is 100 Å². The summed E-state index contributed by atoms with van der Waals surface area (Å²) in [7, 11) is 0. The monoisotopic (exact) mass is 227 g/mol. The third-order valence-electron chi connectivity index (χ3n) is 2.58. The van der Waals surface area contributed by atoms with Gasteiger partial charge < -0.3 is 9.84 Å². The van der Waals surface area contributed by atoms with Crippen LogP contribution in [-0.4, -0.2) is 11.7 Å². The van der Waals surface area contributed by atoms with Gasteiger partial charge in [-0.2, -0.15) is 5.26 Å². The Morgan fingerprint density at radius 3 is 2.88 bits per heavy atom. The molecule has 2 rings (SSSR count). The fraction of sp³-hybridized carbons (Fsp3) is 0.214. The Balaban J connectivity index is 2.01. The van der Waals surface area contributed by atoms with Gasteiger partial charge in [-0.15, -0.1) is 0 Å². The maximum absolute atomic E-state index is 9.29. The molecule has 0 unspecified atom stereocenters. The van der Waals surface area contributed by atoms with Crippen molar-refractivity contribution in [1.82, 2.24) is 0 Å². The maximum atomic E-state index is 9.29. The van der Waals surface area contributed by atoms with Gasteiger partial charge in [-0.1, -0.05) is 18.2 Å². The van der Waals surface area contributed by atoms with E-state index in [2.05, 4.69) is 6.07 Å². The molecule has 0 aliphatic heterocycles. The molecule has 0 amide bonds. The molecule has 1 N–H and O–H groups in total. The average molecular weight is 227 g/mol. The number of nitrogens with zero attached hydrogens (tertiary/aromatic N) is 1. The van der Waals surface area contributed by atoms with Crippen molar-refractivity contribution in [1.29, 1.82) is 5.26 Å². The second-order valence-corrected chi connectivity index (χ2v) is 3.82. The van der Waals surface area contributed by atoms with E-state index in [1.165, 1.54) is 0 Å². The molecule has 0 aromatic heterocycles. The van der Waals surface area contributed by atoms with E-state index in [-0.39, 0.29) is 5.75 Å². The number of phenols is 1. The van der Waals surface area contributed by atoms with Gasteiger partial charge in [0, 0.05) is 11.6 Å². The predicted molar refractivity (Wildman–Crippen MR) is 64.6 cm³/mol. The highest BCUT2D eigenvalue weighted by Crippen LogP contribution is 2.22. The van der Waals surface area contributed by atoms with Crippen LogP contribution in [0.15, 0.2) is 47.6 Å². The number of rotatable bonds is 3. The summed E-state index contributed by atoms with van der Waals surface area (Å²) in [6.07, 6.45) is 5.82.